The van der Waals surface area contributed by atoms with Crippen LogP contribution in [0.25, 0.3) is 5.65 Å². The molecule has 1 saturated carbocycles. The Hall–Kier alpha value is -1.91. The number of hydrogen-bond donors (Lipinski definition) is 1. The average Bonchev–Trinajstić information content (AvgIpc) is 3.05. The van der Waals surface area contributed by atoms with Crippen LogP contribution in [0.1, 0.15) is 37.9 Å². The van der Waals surface area contributed by atoms with Crippen LogP contribution in [0, 0.1) is 5.92 Å². The molecular weight excluding hydrogens is 240 g/mol. The fourth-order valence-corrected chi connectivity index (χ4v) is 2.74. The number of fused-ring (bicyclic) bond motifs is 1. The van der Waals surface area contributed by atoms with Gasteiger partial charge in [-0.2, -0.15) is 0 Å². The minimum absolute atomic E-state index is 0.125. The van der Waals surface area contributed by atoms with Crippen molar-refractivity contribution in [3.05, 3.63) is 30.2 Å². The van der Waals surface area contributed by atoms with E-state index in [1.165, 1.54) is 25.7 Å². The SMILES string of the molecule is O=C(CC1CCCC1)NCc1nnc2ccccn12. The number of pyridine rings is 1. The summed E-state index contributed by atoms with van der Waals surface area (Å²) in [6.07, 6.45) is 7.49. The third kappa shape index (κ3) is 2.75. The molecule has 0 radical (unpaired) electrons. The molecule has 19 heavy (non-hydrogen) atoms. The van der Waals surface area contributed by atoms with Gasteiger partial charge < -0.3 is 5.32 Å². The van der Waals surface area contributed by atoms with Crippen molar-refractivity contribution in [2.45, 2.75) is 38.6 Å². The monoisotopic (exact) mass is 258 g/mol. The number of rotatable bonds is 4. The highest BCUT2D eigenvalue weighted by Crippen LogP contribution is 2.27. The summed E-state index contributed by atoms with van der Waals surface area (Å²) in [5, 5.41) is 11.1. The number of nitrogens with one attached hydrogen (secondary N) is 1. The van der Waals surface area contributed by atoms with Gasteiger partial charge in [0.05, 0.1) is 6.54 Å². The maximum Gasteiger partial charge on any atom is 0.220 e. The molecule has 5 heteroatoms. The molecule has 0 unspecified atom stereocenters. The second-order valence-corrected chi connectivity index (χ2v) is 5.18. The van der Waals surface area contributed by atoms with E-state index in [-0.39, 0.29) is 5.91 Å². The zero-order valence-electron chi connectivity index (χ0n) is 10.9. The van der Waals surface area contributed by atoms with E-state index in [9.17, 15) is 4.79 Å². The lowest BCUT2D eigenvalue weighted by atomic mass is 10.0. The quantitative estimate of drug-likeness (QED) is 0.911. The van der Waals surface area contributed by atoms with E-state index in [4.69, 9.17) is 0 Å². The zero-order chi connectivity index (χ0) is 13.1. The number of amides is 1. The highest BCUT2D eigenvalue weighted by atomic mass is 16.1. The molecule has 0 bridgehead atoms. The molecular formula is C14H18N4O. The molecule has 100 valence electrons. The third-order valence-corrected chi connectivity index (χ3v) is 3.78. The van der Waals surface area contributed by atoms with Crippen molar-refractivity contribution < 1.29 is 4.79 Å². The van der Waals surface area contributed by atoms with Gasteiger partial charge in [-0.3, -0.25) is 9.20 Å². The molecule has 1 aliphatic rings. The van der Waals surface area contributed by atoms with E-state index in [1.54, 1.807) is 0 Å². The van der Waals surface area contributed by atoms with Crippen LogP contribution in [0.4, 0.5) is 0 Å². The predicted molar refractivity (Wildman–Crippen MR) is 71.4 cm³/mol. The van der Waals surface area contributed by atoms with Gasteiger partial charge in [0.2, 0.25) is 5.91 Å². The van der Waals surface area contributed by atoms with Crippen molar-refractivity contribution >= 4 is 11.6 Å². The Labute approximate surface area is 112 Å². The van der Waals surface area contributed by atoms with Gasteiger partial charge in [-0.05, 0) is 30.9 Å². The Kier molecular flexibility index (Phi) is 3.44. The van der Waals surface area contributed by atoms with Crippen LogP contribution >= 0.6 is 0 Å². The molecule has 2 aromatic rings. The van der Waals surface area contributed by atoms with Crippen molar-refractivity contribution in [2.24, 2.45) is 5.92 Å². The lowest BCUT2D eigenvalue weighted by Gasteiger charge is -2.08. The van der Waals surface area contributed by atoms with E-state index < -0.39 is 0 Å². The maximum absolute atomic E-state index is 11.9. The summed E-state index contributed by atoms with van der Waals surface area (Å²) in [5.74, 6) is 1.48. The first-order chi connectivity index (χ1) is 9.33. The molecule has 1 amide bonds. The lowest BCUT2D eigenvalue weighted by Crippen LogP contribution is -2.25. The Balaban J connectivity index is 1.58. The minimum Gasteiger partial charge on any atom is -0.349 e. The largest absolute Gasteiger partial charge is 0.349 e. The number of aromatic nitrogens is 3. The maximum atomic E-state index is 11.9. The van der Waals surface area contributed by atoms with Gasteiger partial charge in [0.15, 0.2) is 11.5 Å². The van der Waals surface area contributed by atoms with Gasteiger partial charge in [-0.25, -0.2) is 0 Å². The number of hydrogen-bond acceptors (Lipinski definition) is 3. The van der Waals surface area contributed by atoms with E-state index in [0.717, 1.165) is 11.5 Å². The second-order valence-electron chi connectivity index (χ2n) is 5.18. The average molecular weight is 258 g/mol. The molecule has 0 aromatic carbocycles. The Bertz CT molecular complexity index is 572. The van der Waals surface area contributed by atoms with Crippen LogP contribution in [-0.4, -0.2) is 20.5 Å². The molecule has 2 aromatic heterocycles. The molecule has 1 aliphatic carbocycles. The molecule has 1 N–H and O–H groups in total. The highest BCUT2D eigenvalue weighted by Gasteiger charge is 2.18. The van der Waals surface area contributed by atoms with E-state index >= 15 is 0 Å². The lowest BCUT2D eigenvalue weighted by molar-refractivity contribution is -0.122. The Morgan fingerprint density at radius 2 is 2.16 bits per heavy atom. The Morgan fingerprint density at radius 3 is 3.00 bits per heavy atom. The molecule has 0 saturated heterocycles. The molecule has 3 rings (SSSR count). The fourth-order valence-electron chi connectivity index (χ4n) is 2.74. The molecule has 0 aliphatic heterocycles. The van der Waals surface area contributed by atoms with Crippen LogP contribution in [-0.2, 0) is 11.3 Å². The summed E-state index contributed by atoms with van der Waals surface area (Å²) in [6, 6.07) is 5.75. The summed E-state index contributed by atoms with van der Waals surface area (Å²) in [7, 11) is 0. The summed E-state index contributed by atoms with van der Waals surface area (Å²) in [5.41, 5.74) is 0.808. The van der Waals surface area contributed by atoms with Crippen LogP contribution < -0.4 is 5.32 Å². The standard InChI is InChI=1S/C14H18N4O/c19-14(9-11-5-1-2-6-11)15-10-13-17-16-12-7-3-4-8-18(12)13/h3-4,7-8,11H,1-2,5-6,9-10H2,(H,15,19). The summed E-state index contributed by atoms with van der Waals surface area (Å²) < 4.78 is 1.90. The van der Waals surface area contributed by atoms with Crippen LogP contribution in [0.3, 0.4) is 0 Å². The normalized spacial score (nSPS) is 16.0. The van der Waals surface area contributed by atoms with Crippen LogP contribution in [0.5, 0.6) is 0 Å². The van der Waals surface area contributed by atoms with E-state index in [1.807, 2.05) is 28.8 Å². The first kappa shape index (κ1) is 12.1. The number of carbonyl (C=O) groups excluding carboxylic acids is 1. The van der Waals surface area contributed by atoms with Crippen molar-refractivity contribution in [3.63, 3.8) is 0 Å². The first-order valence-electron chi connectivity index (χ1n) is 6.88. The summed E-state index contributed by atoms with van der Waals surface area (Å²) in [6.45, 7) is 0.441. The third-order valence-electron chi connectivity index (χ3n) is 3.78. The zero-order valence-corrected chi connectivity index (χ0v) is 10.9. The second kappa shape index (κ2) is 5.38. The number of carbonyl (C=O) groups is 1. The predicted octanol–water partition coefficient (Wildman–Crippen LogP) is 1.93. The van der Waals surface area contributed by atoms with Gasteiger partial charge >= 0.3 is 0 Å². The van der Waals surface area contributed by atoms with Gasteiger partial charge in [-0.15, -0.1) is 10.2 Å². The van der Waals surface area contributed by atoms with Gasteiger partial charge in [-0.1, -0.05) is 18.9 Å². The van der Waals surface area contributed by atoms with Crippen LogP contribution in [0.2, 0.25) is 0 Å². The Morgan fingerprint density at radius 1 is 1.32 bits per heavy atom. The first-order valence-corrected chi connectivity index (χ1v) is 6.88. The van der Waals surface area contributed by atoms with E-state index in [2.05, 4.69) is 15.5 Å². The minimum atomic E-state index is 0.125. The molecule has 5 nitrogen and oxygen atoms in total. The van der Waals surface area contributed by atoms with Gasteiger partial charge in [0.25, 0.3) is 0 Å². The van der Waals surface area contributed by atoms with Crippen LogP contribution in [0.15, 0.2) is 24.4 Å². The summed E-state index contributed by atoms with van der Waals surface area (Å²) in [4.78, 5) is 11.9. The van der Waals surface area contributed by atoms with Crippen molar-refractivity contribution in [2.75, 3.05) is 0 Å². The molecule has 2 heterocycles. The number of nitrogens with zero attached hydrogens (tertiary/aromatic N) is 3. The topological polar surface area (TPSA) is 59.3 Å². The highest BCUT2D eigenvalue weighted by molar-refractivity contribution is 5.76. The van der Waals surface area contributed by atoms with Gasteiger partial charge in [0, 0.05) is 12.6 Å². The molecule has 0 atom stereocenters. The van der Waals surface area contributed by atoms with Crippen molar-refractivity contribution in [3.8, 4) is 0 Å². The molecule has 1 fully saturated rings. The fraction of sp³-hybridized carbons (Fsp3) is 0.500. The van der Waals surface area contributed by atoms with Gasteiger partial charge in [0.1, 0.15) is 0 Å². The van der Waals surface area contributed by atoms with Crippen molar-refractivity contribution in [1.82, 2.24) is 19.9 Å². The van der Waals surface area contributed by atoms with E-state index in [0.29, 0.717) is 18.9 Å². The summed E-state index contributed by atoms with van der Waals surface area (Å²) >= 11 is 0. The molecule has 0 spiro atoms. The van der Waals surface area contributed by atoms with Crippen molar-refractivity contribution in [1.29, 1.82) is 0 Å². The smallest absolute Gasteiger partial charge is 0.220 e.